The number of rotatable bonds is 2. The van der Waals surface area contributed by atoms with Crippen LogP contribution in [0.5, 0.6) is 0 Å². The number of alkyl halides is 1. The van der Waals surface area contributed by atoms with Crippen LogP contribution >= 0.6 is 15.9 Å². The maximum Gasteiger partial charge on any atom is 0.223 e. The fourth-order valence-corrected chi connectivity index (χ4v) is 3.81. The van der Waals surface area contributed by atoms with Crippen LogP contribution in [0.3, 0.4) is 0 Å². The van der Waals surface area contributed by atoms with E-state index in [0.717, 1.165) is 19.3 Å². The molecule has 3 heteroatoms. The van der Waals surface area contributed by atoms with E-state index in [0.29, 0.717) is 22.7 Å². The molecule has 0 saturated heterocycles. The molecule has 2 unspecified atom stereocenters. The second kappa shape index (κ2) is 6.77. The van der Waals surface area contributed by atoms with Gasteiger partial charge in [0.05, 0.1) is 0 Å². The smallest absolute Gasteiger partial charge is 0.223 e. The summed E-state index contributed by atoms with van der Waals surface area (Å²) in [5, 5.41) is 3.28. The maximum atomic E-state index is 12.2. The number of carbonyl (C=O) groups is 1. The van der Waals surface area contributed by atoms with Crippen molar-refractivity contribution >= 4 is 21.8 Å². The number of nitrogens with one attached hydrogen (secondary N) is 1. The molecule has 1 N–H and O–H groups in total. The van der Waals surface area contributed by atoms with E-state index in [-0.39, 0.29) is 0 Å². The third-order valence-corrected chi connectivity index (χ3v) is 5.33. The summed E-state index contributed by atoms with van der Waals surface area (Å²) in [6.45, 7) is 0. The fraction of sp³-hybridized carbons (Fsp3) is 0.929. The first kappa shape index (κ1) is 13.4. The van der Waals surface area contributed by atoms with Crippen molar-refractivity contribution in [3.05, 3.63) is 0 Å². The predicted molar refractivity (Wildman–Crippen MR) is 74.3 cm³/mol. The number of halogens is 1. The molecule has 0 aromatic carbocycles. The number of hydrogen-bond donors (Lipinski definition) is 1. The lowest BCUT2D eigenvalue weighted by molar-refractivity contribution is -0.126. The zero-order valence-electron chi connectivity index (χ0n) is 10.6. The van der Waals surface area contributed by atoms with Crippen LogP contribution in [0.1, 0.15) is 64.2 Å². The highest BCUT2D eigenvalue weighted by Crippen LogP contribution is 2.27. The van der Waals surface area contributed by atoms with Gasteiger partial charge in [-0.05, 0) is 25.7 Å². The molecule has 2 nitrogen and oxygen atoms in total. The van der Waals surface area contributed by atoms with Gasteiger partial charge in [0, 0.05) is 16.8 Å². The molecule has 0 aromatic heterocycles. The van der Waals surface area contributed by atoms with Crippen molar-refractivity contribution < 1.29 is 4.79 Å². The molecule has 1 amide bonds. The van der Waals surface area contributed by atoms with Crippen LogP contribution < -0.4 is 5.32 Å². The lowest BCUT2D eigenvalue weighted by Crippen LogP contribution is -2.45. The second-order valence-electron chi connectivity index (χ2n) is 5.60. The van der Waals surface area contributed by atoms with E-state index in [9.17, 15) is 4.79 Å². The molecule has 2 saturated carbocycles. The van der Waals surface area contributed by atoms with Gasteiger partial charge in [-0.1, -0.05) is 54.5 Å². The zero-order valence-corrected chi connectivity index (χ0v) is 12.2. The monoisotopic (exact) mass is 301 g/mol. The lowest BCUT2D eigenvalue weighted by atomic mass is 9.93. The summed E-state index contributed by atoms with van der Waals surface area (Å²) >= 11 is 3.71. The van der Waals surface area contributed by atoms with Crippen LogP contribution in [-0.4, -0.2) is 16.8 Å². The van der Waals surface area contributed by atoms with Gasteiger partial charge in [-0.25, -0.2) is 0 Å². The van der Waals surface area contributed by atoms with Gasteiger partial charge >= 0.3 is 0 Å². The molecular weight excluding hydrogens is 278 g/mol. The Morgan fingerprint density at radius 1 is 0.882 bits per heavy atom. The van der Waals surface area contributed by atoms with E-state index in [1.54, 1.807) is 0 Å². The van der Waals surface area contributed by atoms with Crippen molar-refractivity contribution in [1.82, 2.24) is 5.32 Å². The van der Waals surface area contributed by atoms with Gasteiger partial charge in [0.2, 0.25) is 5.91 Å². The highest BCUT2D eigenvalue weighted by atomic mass is 79.9. The molecular formula is C14H24BrNO. The van der Waals surface area contributed by atoms with Crippen LogP contribution in [0.25, 0.3) is 0 Å². The summed E-state index contributed by atoms with van der Waals surface area (Å²) < 4.78 is 0. The molecule has 0 spiro atoms. The Labute approximate surface area is 113 Å². The molecule has 2 aliphatic carbocycles. The van der Waals surface area contributed by atoms with Crippen molar-refractivity contribution in [2.45, 2.75) is 75.1 Å². The largest absolute Gasteiger partial charge is 0.352 e. The average molecular weight is 302 g/mol. The molecule has 2 fully saturated rings. The molecule has 0 radical (unpaired) electrons. The topological polar surface area (TPSA) is 29.1 Å². The van der Waals surface area contributed by atoms with Crippen LogP contribution in [0.15, 0.2) is 0 Å². The Hall–Kier alpha value is -0.0500. The van der Waals surface area contributed by atoms with Crippen molar-refractivity contribution in [2.24, 2.45) is 5.92 Å². The predicted octanol–water partition coefficient (Wildman–Crippen LogP) is 3.78. The highest BCUT2D eigenvalue weighted by Gasteiger charge is 2.27. The van der Waals surface area contributed by atoms with Crippen molar-refractivity contribution in [2.75, 3.05) is 0 Å². The average Bonchev–Trinajstić information content (AvgIpc) is 2.61. The molecule has 2 aliphatic rings. The van der Waals surface area contributed by atoms with Crippen molar-refractivity contribution in [3.63, 3.8) is 0 Å². The first-order valence-electron chi connectivity index (χ1n) is 7.22. The van der Waals surface area contributed by atoms with Gasteiger partial charge in [0.15, 0.2) is 0 Å². The standard InChI is InChI=1S/C14H24BrNO/c15-12-9-5-6-10-13(12)16-14(17)11-7-3-1-2-4-8-11/h11-13H,1-10H2,(H,16,17). The molecule has 2 rings (SSSR count). The molecule has 2 atom stereocenters. The van der Waals surface area contributed by atoms with E-state index in [2.05, 4.69) is 21.2 Å². The number of hydrogen-bond acceptors (Lipinski definition) is 1. The second-order valence-corrected chi connectivity index (χ2v) is 6.78. The fourth-order valence-electron chi connectivity index (χ4n) is 3.09. The summed E-state index contributed by atoms with van der Waals surface area (Å²) in [5.41, 5.74) is 0. The molecule has 0 aliphatic heterocycles. The summed E-state index contributed by atoms with van der Waals surface area (Å²) in [6, 6.07) is 0.375. The summed E-state index contributed by atoms with van der Waals surface area (Å²) in [7, 11) is 0. The van der Waals surface area contributed by atoms with E-state index in [1.807, 2.05) is 0 Å². The van der Waals surface area contributed by atoms with Gasteiger partial charge in [-0.2, -0.15) is 0 Å². The maximum absolute atomic E-state index is 12.2. The summed E-state index contributed by atoms with van der Waals surface area (Å²) in [5.74, 6) is 0.613. The lowest BCUT2D eigenvalue weighted by Gasteiger charge is -2.29. The Bertz CT molecular complexity index is 249. The quantitative estimate of drug-likeness (QED) is 0.610. The van der Waals surface area contributed by atoms with Gasteiger partial charge < -0.3 is 5.32 Å². The first-order valence-corrected chi connectivity index (χ1v) is 8.13. The van der Waals surface area contributed by atoms with E-state index in [4.69, 9.17) is 0 Å². The number of carbonyl (C=O) groups excluding carboxylic acids is 1. The zero-order chi connectivity index (χ0) is 12.1. The van der Waals surface area contributed by atoms with E-state index >= 15 is 0 Å². The highest BCUT2D eigenvalue weighted by molar-refractivity contribution is 9.09. The minimum Gasteiger partial charge on any atom is -0.352 e. The third-order valence-electron chi connectivity index (χ3n) is 4.24. The van der Waals surface area contributed by atoms with Crippen LogP contribution in [0.4, 0.5) is 0 Å². The van der Waals surface area contributed by atoms with Gasteiger partial charge in [-0.3, -0.25) is 4.79 Å². The van der Waals surface area contributed by atoms with E-state index < -0.39 is 0 Å². The third kappa shape index (κ3) is 3.97. The molecule has 17 heavy (non-hydrogen) atoms. The SMILES string of the molecule is O=C(NC1CCCCC1Br)C1CCCCCC1. The van der Waals surface area contributed by atoms with Crippen molar-refractivity contribution in [3.8, 4) is 0 Å². The number of amides is 1. The molecule has 98 valence electrons. The normalized spacial score (nSPS) is 31.8. The minimum absolute atomic E-state index is 0.291. The molecule has 0 bridgehead atoms. The van der Waals surface area contributed by atoms with Crippen molar-refractivity contribution in [1.29, 1.82) is 0 Å². The summed E-state index contributed by atoms with van der Waals surface area (Å²) in [6.07, 6.45) is 12.2. The summed E-state index contributed by atoms with van der Waals surface area (Å²) in [4.78, 5) is 12.7. The van der Waals surface area contributed by atoms with Gasteiger partial charge in [0.1, 0.15) is 0 Å². The Balaban J connectivity index is 1.82. The Morgan fingerprint density at radius 3 is 2.12 bits per heavy atom. The van der Waals surface area contributed by atoms with E-state index in [1.165, 1.54) is 44.9 Å². The first-order chi connectivity index (χ1) is 8.27. The Morgan fingerprint density at radius 2 is 1.47 bits per heavy atom. The Kier molecular flexibility index (Phi) is 5.33. The van der Waals surface area contributed by atoms with Crippen LogP contribution in [-0.2, 0) is 4.79 Å². The van der Waals surface area contributed by atoms with Crippen LogP contribution in [0.2, 0.25) is 0 Å². The molecule has 0 aromatic rings. The van der Waals surface area contributed by atoms with Gasteiger partial charge in [-0.15, -0.1) is 0 Å². The molecule has 0 heterocycles. The van der Waals surface area contributed by atoms with Gasteiger partial charge in [0.25, 0.3) is 0 Å². The van der Waals surface area contributed by atoms with Crippen LogP contribution in [0, 0.1) is 5.92 Å². The minimum atomic E-state index is 0.291.